The number of benzene rings is 1. The van der Waals surface area contributed by atoms with Crippen LogP contribution in [0.5, 0.6) is 0 Å². The summed E-state index contributed by atoms with van der Waals surface area (Å²) < 4.78 is 0. The Kier molecular flexibility index (Phi) is 3.04. The van der Waals surface area contributed by atoms with Crippen molar-refractivity contribution in [1.82, 2.24) is 9.97 Å². The maximum atomic E-state index is 6.28. The molecule has 0 fully saturated rings. The molecule has 1 aromatic heterocycles. The van der Waals surface area contributed by atoms with Crippen LogP contribution in [0.3, 0.4) is 0 Å². The number of aryl methyl sites for hydroxylation is 1. The second-order valence-corrected chi connectivity index (χ2v) is 5.23. The average Bonchev–Trinajstić information content (AvgIpc) is 2.40. The zero-order valence-corrected chi connectivity index (χ0v) is 11.1. The number of fused-ring (bicyclic) bond motifs is 1. The van der Waals surface area contributed by atoms with Crippen LogP contribution in [-0.2, 0) is 0 Å². The summed E-state index contributed by atoms with van der Waals surface area (Å²) in [5, 5.41) is 1.53. The summed E-state index contributed by atoms with van der Waals surface area (Å²) in [7, 11) is 0. The number of aromatic nitrogens is 2. The van der Waals surface area contributed by atoms with Crippen LogP contribution in [-0.4, -0.2) is 9.97 Å². The third-order valence-corrected chi connectivity index (χ3v) is 3.74. The Morgan fingerprint density at radius 2 is 2.11 bits per heavy atom. The lowest BCUT2D eigenvalue weighted by Crippen LogP contribution is -2.06. The molecule has 0 spiro atoms. The summed E-state index contributed by atoms with van der Waals surface area (Å²) in [5.41, 5.74) is 2.13. The molecule has 0 bridgehead atoms. The number of hydrogen-bond acceptors (Lipinski definition) is 2. The van der Waals surface area contributed by atoms with Crippen LogP contribution >= 0.6 is 11.6 Å². The highest BCUT2D eigenvalue weighted by atomic mass is 35.5. The molecule has 0 amide bonds. The molecule has 2 nitrogen and oxygen atoms in total. The van der Waals surface area contributed by atoms with Crippen LogP contribution in [0.4, 0.5) is 0 Å². The van der Waals surface area contributed by atoms with Gasteiger partial charge in [-0.1, -0.05) is 35.4 Å². The van der Waals surface area contributed by atoms with Crippen LogP contribution in [0.2, 0.25) is 5.15 Å². The van der Waals surface area contributed by atoms with E-state index in [-0.39, 0.29) is 0 Å². The summed E-state index contributed by atoms with van der Waals surface area (Å²) in [4.78, 5) is 9.16. The van der Waals surface area contributed by atoms with Crippen molar-refractivity contribution in [2.45, 2.75) is 32.1 Å². The lowest BCUT2D eigenvalue weighted by molar-refractivity contribution is 0.585. The summed E-state index contributed by atoms with van der Waals surface area (Å²) >= 11 is 6.28. The van der Waals surface area contributed by atoms with Crippen LogP contribution in [0.15, 0.2) is 30.4 Å². The van der Waals surface area contributed by atoms with Gasteiger partial charge in [0.1, 0.15) is 11.0 Å². The van der Waals surface area contributed by atoms with Gasteiger partial charge in [0.2, 0.25) is 0 Å². The molecule has 0 N–H and O–H groups in total. The van der Waals surface area contributed by atoms with Crippen molar-refractivity contribution in [1.29, 1.82) is 0 Å². The van der Waals surface area contributed by atoms with E-state index in [2.05, 4.69) is 35.1 Å². The Morgan fingerprint density at radius 3 is 2.89 bits per heavy atom. The largest absolute Gasteiger partial charge is 0.232 e. The molecular weight excluding hydrogens is 244 g/mol. The number of allylic oxidation sites excluding steroid dienone is 2. The summed E-state index contributed by atoms with van der Waals surface area (Å²) in [6.45, 7) is 2.05. The number of rotatable bonds is 1. The lowest BCUT2D eigenvalue weighted by atomic mass is 9.93. The van der Waals surface area contributed by atoms with Gasteiger partial charge >= 0.3 is 0 Å². The second kappa shape index (κ2) is 4.69. The van der Waals surface area contributed by atoms with Crippen molar-refractivity contribution in [2.24, 2.45) is 0 Å². The van der Waals surface area contributed by atoms with Gasteiger partial charge < -0.3 is 0 Å². The Balaban J connectivity index is 2.09. The number of nitrogens with zero attached hydrogens (tertiary/aromatic N) is 2. The van der Waals surface area contributed by atoms with E-state index in [1.165, 1.54) is 5.56 Å². The molecule has 3 rings (SSSR count). The van der Waals surface area contributed by atoms with Gasteiger partial charge in [0.05, 0.1) is 5.52 Å². The molecule has 2 aromatic rings. The summed E-state index contributed by atoms with van der Waals surface area (Å²) in [5.74, 6) is 1.30. The van der Waals surface area contributed by atoms with E-state index < -0.39 is 0 Å². The zero-order valence-electron chi connectivity index (χ0n) is 10.4. The number of hydrogen-bond donors (Lipinski definition) is 0. The van der Waals surface area contributed by atoms with Crippen LogP contribution < -0.4 is 0 Å². The van der Waals surface area contributed by atoms with E-state index in [4.69, 9.17) is 11.6 Å². The molecule has 1 unspecified atom stereocenters. The lowest BCUT2D eigenvalue weighted by Gasteiger charge is -2.17. The first kappa shape index (κ1) is 11.7. The van der Waals surface area contributed by atoms with Crippen molar-refractivity contribution in [2.75, 3.05) is 0 Å². The van der Waals surface area contributed by atoms with Crippen LogP contribution in [0.25, 0.3) is 10.9 Å². The molecule has 1 aliphatic rings. The van der Waals surface area contributed by atoms with Crippen molar-refractivity contribution < 1.29 is 0 Å². The number of halogens is 1. The average molecular weight is 259 g/mol. The molecular formula is C15H15ClN2. The monoisotopic (exact) mass is 258 g/mol. The molecule has 1 aliphatic carbocycles. The summed E-state index contributed by atoms with van der Waals surface area (Å²) in [6, 6.07) is 6.14. The first-order valence-electron chi connectivity index (χ1n) is 6.33. The highest BCUT2D eigenvalue weighted by Crippen LogP contribution is 2.30. The minimum atomic E-state index is 0.415. The molecule has 18 heavy (non-hydrogen) atoms. The van der Waals surface area contributed by atoms with Gasteiger partial charge in [0.25, 0.3) is 0 Å². The Labute approximate surface area is 112 Å². The maximum Gasteiger partial charge on any atom is 0.140 e. The smallest absolute Gasteiger partial charge is 0.140 e. The van der Waals surface area contributed by atoms with E-state index >= 15 is 0 Å². The predicted molar refractivity (Wildman–Crippen MR) is 75.0 cm³/mol. The fraction of sp³-hybridized carbons (Fsp3) is 0.333. The SMILES string of the molecule is Cc1ccc2nc(C3CC=CCC3)nc(Cl)c2c1. The summed E-state index contributed by atoms with van der Waals surface area (Å²) in [6.07, 6.45) is 7.68. The molecule has 0 radical (unpaired) electrons. The van der Waals surface area contributed by atoms with Crippen molar-refractivity contribution >= 4 is 22.5 Å². The topological polar surface area (TPSA) is 25.8 Å². The van der Waals surface area contributed by atoms with Gasteiger partial charge in [-0.3, -0.25) is 0 Å². The molecule has 1 atom stereocenters. The van der Waals surface area contributed by atoms with E-state index in [9.17, 15) is 0 Å². The molecule has 3 heteroatoms. The Bertz CT molecular complexity index is 619. The van der Waals surface area contributed by atoms with E-state index in [0.717, 1.165) is 36.0 Å². The highest BCUT2D eigenvalue weighted by Gasteiger charge is 2.17. The van der Waals surface area contributed by atoms with Gasteiger partial charge in [0, 0.05) is 11.3 Å². The van der Waals surface area contributed by atoms with Crippen molar-refractivity contribution in [3.05, 3.63) is 46.9 Å². The van der Waals surface area contributed by atoms with Crippen molar-refractivity contribution in [3.8, 4) is 0 Å². The highest BCUT2D eigenvalue weighted by molar-refractivity contribution is 6.34. The zero-order chi connectivity index (χ0) is 12.5. The van der Waals surface area contributed by atoms with E-state index in [0.29, 0.717) is 11.1 Å². The van der Waals surface area contributed by atoms with Gasteiger partial charge in [-0.2, -0.15) is 0 Å². The normalized spacial score (nSPS) is 19.3. The first-order chi connectivity index (χ1) is 8.74. The van der Waals surface area contributed by atoms with E-state index in [1.54, 1.807) is 0 Å². The molecule has 0 saturated heterocycles. The third kappa shape index (κ3) is 2.13. The second-order valence-electron chi connectivity index (χ2n) is 4.87. The van der Waals surface area contributed by atoms with Gasteiger partial charge in [-0.05, 0) is 38.3 Å². The minimum Gasteiger partial charge on any atom is -0.232 e. The van der Waals surface area contributed by atoms with Crippen molar-refractivity contribution in [3.63, 3.8) is 0 Å². The molecule has 1 heterocycles. The standard InChI is InChI=1S/C15H15ClN2/c1-10-7-8-13-12(9-10)14(16)18-15(17-13)11-5-3-2-4-6-11/h2-3,7-9,11H,4-6H2,1H3. The molecule has 1 aromatic carbocycles. The van der Waals surface area contributed by atoms with Crippen LogP contribution in [0, 0.1) is 6.92 Å². The van der Waals surface area contributed by atoms with Gasteiger partial charge in [-0.25, -0.2) is 9.97 Å². The Hall–Kier alpha value is -1.41. The molecule has 0 saturated carbocycles. The quantitative estimate of drug-likeness (QED) is 0.559. The third-order valence-electron chi connectivity index (χ3n) is 3.46. The molecule has 0 aliphatic heterocycles. The fourth-order valence-electron chi connectivity index (χ4n) is 2.43. The fourth-order valence-corrected chi connectivity index (χ4v) is 2.67. The molecule has 92 valence electrons. The predicted octanol–water partition coefficient (Wildman–Crippen LogP) is 4.42. The van der Waals surface area contributed by atoms with Gasteiger partial charge in [-0.15, -0.1) is 0 Å². The Morgan fingerprint density at radius 1 is 1.22 bits per heavy atom. The van der Waals surface area contributed by atoms with Gasteiger partial charge in [0.15, 0.2) is 0 Å². The first-order valence-corrected chi connectivity index (χ1v) is 6.70. The maximum absolute atomic E-state index is 6.28. The minimum absolute atomic E-state index is 0.415. The van der Waals surface area contributed by atoms with Crippen LogP contribution in [0.1, 0.15) is 36.6 Å². The van der Waals surface area contributed by atoms with E-state index in [1.807, 2.05) is 12.1 Å².